The second-order valence-electron chi connectivity index (χ2n) is 6.49. The van der Waals surface area contributed by atoms with E-state index in [1.54, 1.807) is 18.3 Å². The normalized spacial score (nSPS) is 15.8. The third kappa shape index (κ3) is 7.52. The van der Waals surface area contributed by atoms with Gasteiger partial charge in [-0.15, -0.1) is 0 Å². The van der Waals surface area contributed by atoms with E-state index in [-0.39, 0.29) is 18.6 Å². The van der Waals surface area contributed by atoms with Gasteiger partial charge in [0, 0.05) is 18.8 Å². The summed E-state index contributed by atoms with van der Waals surface area (Å²) in [5.74, 6) is 0.457. The van der Waals surface area contributed by atoms with Gasteiger partial charge >= 0.3 is 0 Å². The molecule has 3 rings (SSSR count). The Morgan fingerprint density at radius 3 is 2.72 bits per heavy atom. The summed E-state index contributed by atoms with van der Waals surface area (Å²) in [6.07, 6.45) is 3.82. The number of nitrogens with one attached hydrogen (secondary N) is 3. The van der Waals surface area contributed by atoms with Crippen LogP contribution >= 0.6 is 12.2 Å². The summed E-state index contributed by atoms with van der Waals surface area (Å²) >= 11 is 5.19. The van der Waals surface area contributed by atoms with Crippen LogP contribution in [0, 0.1) is 0 Å². The number of hydrogen-bond acceptors (Lipinski definition) is 5. The molecule has 3 N–H and O–H groups in total. The highest BCUT2D eigenvalue weighted by molar-refractivity contribution is 7.80. The molecule has 0 aromatic heterocycles. The van der Waals surface area contributed by atoms with Gasteiger partial charge in [-0.1, -0.05) is 18.2 Å². The van der Waals surface area contributed by atoms with E-state index >= 15 is 0 Å². The first-order valence-electron chi connectivity index (χ1n) is 9.45. The molecule has 8 heteroatoms. The van der Waals surface area contributed by atoms with Crippen molar-refractivity contribution in [2.24, 2.45) is 5.10 Å². The molecule has 2 aromatic carbocycles. The van der Waals surface area contributed by atoms with E-state index in [1.807, 2.05) is 42.5 Å². The van der Waals surface area contributed by atoms with Gasteiger partial charge in [-0.05, 0) is 67.0 Å². The van der Waals surface area contributed by atoms with E-state index in [2.05, 4.69) is 21.2 Å². The fraction of sp³-hybridized carbons (Fsp3) is 0.286. The zero-order chi connectivity index (χ0) is 20.3. The highest BCUT2D eigenvalue weighted by Crippen LogP contribution is 2.12. The Morgan fingerprint density at radius 1 is 1.21 bits per heavy atom. The number of hydrazone groups is 1. The highest BCUT2D eigenvalue weighted by Gasteiger charge is 2.16. The van der Waals surface area contributed by atoms with Crippen molar-refractivity contribution in [3.63, 3.8) is 0 Å². The van der Waals surface area contributed by atoms with Crippen molar-refractivity contribution in [2.75, 3.05) is 25.1 Å². The average molecular weight is 413 g/mol. The van der Waals surface area contributed by atoms with Crippen molar-refractivity contribution >= 4 is 35.1 Å². The standard InChI is InChI=1S/C21H24N4O3S/c26-20(22-14-19-7-4-12-27-19)15-28-18-10-8-16(9-11-18)13-23-25-21(29)24-17-5-2-1-3-6-17/h1-3,5-6,8-11,13,19H,4,7,12,14-15H2,(H,22,26)(H2,24,25,29)/b23-13-/t19-/m0/s1. The van der Waals surface area contributed by atoms with Crippen LogP contribution in [0.25, 0.3) is 0 Å². The quantitative estimate of drug-likeness (QED) is 0.351. The van der Waals surface area contributed by atoms with Gasteiger partial charge in [0.2, 0.25) is 0 Å². The first-order chi connectivity index (χ1) is 14.2. The topological polar surface area (TPSA) is 84.0 Å². The van der Waals surface area contributed by atoms with Crippen molar-refractivity contribution in [1.82, 2.24) is 10.7 Å². The zero-order valence-corrected chi connectivity index (χ0v) is 16.8. The number of ether oxygens (including phenoxy) is 2. The number of benzene rings is 2. The molecule has 2 aromatic rings. The SMILES string of the molecule is O=C(COc1ccc(/C=N\NC(=S)Nc2ccccc2)cc1)NC[C@@H]1CCCO1. The maximum atomic E-state index is 11.8. The minimum absolute atomic E-state index is 0.0266. The van der Waals surface area contributed by atoms with Gasteiger partial charge in [0.05, 0.1) is 12.3 Å². The van der Waals surface area contributed by atoms with Crippen LogP contribution in [0.1, 0.15) is 18.4 Å². The number of amides is 1. The lowest BCUT2D eigenvalue weighted by atomic mass is 10.2. The number of rotatable bonds is 8. The summed E-state index contributed by atoms with van der Waals surface area (Å²) in [7, 11) is 0. The maximum Gasteiger partial charge on any atom is 0.258 e. The average Bonchev–Trinajstić information content (AvgIpc) is 3.26. The molecule has 0 radical (unpaired) electrons. The monoisotopic (exact) mass is 412 g/mol. The highest BCUT2D eigenvalue weighted by atomic mass is 32.1. The molecule has 1 amide bonds. The van der Waals surface area contributed by atoms with Crippen LogP contribution in [0.3, 0.4) is 0 Å². The van der Waals surface area contributed by atoms with Gasteiger partial charge in [-0.25, -0.2) is 0 Å². The van der Waals surface area contributed by atoms with Crippen molar-refractivity contribution < 1.29 is 14.3 Å². The number of thiocarbonyl (C=S) groups is 1. The van der Waals surface area contributed by atoms with Gasteiger partial charge in [0.1, 0.15) is 5.75 Å². The van der Waals surface area contributed by atoms with Crippen LogP contribution in [0.2, 0.25) is 0 Å². The molecular formula is C21H24N4O3S. The molecule has 1 fully saturated rings. The van der Waals surface area contributed by atoms with Crippen LogP contribution < -0.4 is 20.8 Å². The van der Waals surface area contributed by atoms with Gasteiger partial charge in [0.15, 0.2) is 11.7 Å². The number of carbonyl (C=O) groups excluding carboxylic acids is 1. The third-order valence-corrected chi connectivity index (χ3v) is 4.41. The summed E-state index contributed by atoms with van der Waals surface area (Å²) in [6, 6.07) is 16.9. The number of carbonyl (C=O) groups is 1. The first kappa shape index (κ1) is 20.8. The molecule has 1 saturated heterocycles. The predicted octanol–water partition coefficient (Wildman–Crippen LogP) is 2.68. The lowest BCUT2D eigenvalue weighted by Gasteiger charge is -2.11. The van der Waals surface area contributed by atoms with Crippen molar-refractivity contribution in [2.45, 2.75) is 18.9 Å². The number of hydrogen-bond donors (Lipinski definition) is 3. The Hall–Kier alpha value is -2.97. The van der Waals surface area contributed by atoms with E-state index in [4.69, 9.17) is 21.7 Å². The molecule has 0 spiro atoms. The smallest absolute Gasteiger partial charge is 0.258 e. The molecule has 0 saturated carbocycles. The van der Waals surface area contributed by atoms with Gasteiger partial charge in [-0.2, -0.15) is 5.10 Å². The largest absolute Gasteiger partial charge is 0.484 e. The van der Waals surface area contributed by atoms with Gasteiger partial charge in [-0.3, -0.25) is 10.2 Å². The van der Waals surface area contributed by atoms with Crippen molar-refractivity contribution in [1.29, 1.82) is 0 Å². The summed E-state index contributed by atoms with van der Waals surface area (Å²) < 4.78 is 11.0. The third-order valence-electron chi connectivity index (χ3n) is 4.21. The molecule has 0 bridgehead atoms. The Bertz CT molecular complexity index is 822. The zero-order valence-electron chi connectivity index (χ0n) is 16.0. The lowest BCUT2D eigenvalue weighted by Crippen LogP contribution is -2.35. The first-order valence-corrected chi connectivity index (χ1v) is 9.86. The Kier molecular flexibility index (Phi) is 7.97. The molecule has 1 aliphatic rings. The van der Waals surface area contributed by atoms with E-state index in [1.165, 1.54) is 0 Å². The number of anilines is 1. The number of para-hydroxylation sites is 1. The summed E-state index contributed by atoms with van der Waals surface area (Å²) in [5, 5.41) is 10.4. The van der Waals surface area contributed by atoms with Crippen LogP contribution in [0.15, 0.2) is 59.7 Å². The molecule has 152 valence electrons. The lowest BCUT2D eigenvalue weighted by molar-refractivity contribution is -0.123. The van der Waals surface area contributed by atoms with E-state index in [0.717, 1.165) is 30.7 Å². The summed E-state index contributed by atoms with van der Waals surface area (Å²) in [6.45, 7) is 1.28. The number of nitrogens with zero attached hydrogens (tertiary/aromatic N) is 1. The summed E-state index contributed by atoms with van der Waals surface area (Å²) in [5.41, 5.74) is 4.53. The molecule has 0 unspecified atom stereocenters. The minimum Gasteiger partial charge on any atom is -0.484 e. The van der Waals surface area contributed by atoms with Gasteiger partial charge < -0.3 is 20.1 Å². The second kappa shape index (κ2) is 11.1. The predicted molar refractivity (Wildman–Crippen MR) is 117 cm³/mol. The van der Waals surface area contributed by atoms with E-state index in [0.29, 0.717) is 17.4 Å². The van der Waals surface area contributed by atoms with E-state index in [9.17, 15) is 4.79 Å². The second-order valence-corrected chi connectivity index (χ2v) is 6.90. The van der Waals surface area contributed by atoms with Crippen LogP contribution in [-0.2, 0) is 9.53 Å². The molecule has 29 heavy (non-hydrogen) atoms. The molecular weight excluding hydrogens is 388 g/mol. The molecule has 7 nitrogen and oxygen atoms in total. The fourth-order valence-corrected chi connectivity index (χ4v) is 2.90. The van der Waals surface area contributed by atoms with E-state index < -0.39 is 0 Å². The van der Waals surface area contributed by atoms with Crippen molar-refractivity contribution in [3.8, 4) is 5.75 Å². The molecule has 1 aliphatic heterocycles. The van der Waals surface area contributed by atoms with Crippen LogP contribution in [-0.4, -0.2) is 43.1 Å². The molecule has 1 atom stereocenters. The Labute approximate surface area is 175 Å². The summed E-state index contributed by atoms with van der Waals surface area (Å²) in [4.78, 5) is 11.8. The fourth-order valence-electron chi connectivity index (χ4n) is 2.73. The molecule has 1 heterocycles. The maximum absolute atomic E-state index is 11.8. The Morgan fingerprint density at radius 2 is 2.00 bits per heavy atom. The van der Waals surface area contributed by atoms with Crippen LogP contribution in [0.4, 0.5) is 5.69 Å². The molecule has 0 aliphatic carbocycles. The van der Waals surface area contributed by atoms with Gasteiger partial charge in [0.25, 0.3) is 5.91 Å². The van der Waals surface area contributed by atoms with Crippen molar-refractivity contribution in [3.05, 3.63) is 60.2 Å². The Balaban J connectivity index is 1.36. The van der Waals surface area contributed by atoms with Crippen LogP contribution in [0.5, 0.6) is 5.75 Å². The minimum atomic E-state index is -0.158.